The molecule has 5 heteroatoms. The van der Waals surface area contributed by atoms with Crippen molar-refractivity contribution in [2.45, 2.75) is 13.0 Å². The van der Waals surface area contributed by atoms with Gasteiger partial charge in [-0.05, 0) is 38.7 Å². The molecule has 90 valence electrons. The molecule has 1 aromatic heterocycles. The summed E-state index contributed by atoms with van der Waals surface area (Å²) in [4.78, 5) is 17.7. The summed E-state index contributed by atoms with van der Waals surface area (Å²) in [7, 11) is 3.68. The first-order valence-corrected chi connectivity index (χ1v) is 6.13. The van der Waals surface area contributed by atoms with E-state index in [1.165, 1.54) is 0 Å². The number of hydrogen-bond donors (Lipinski definition) is 1. The summed E-state index contributed by atoms with van der Waals surface area (Å²) in [6.07, 6.45) is 0. The summed E-state index contributed by atoms with van der Waals surface area (Å²) < 4.78 is 1.13. The molecule has 1 heterocycles. The Morgan fingerprint density at radius 1 is 1.47 bits per heavy atom. The summed E-state index contributed by atoms with van der Waals surface area (Å²) in [6, 6.07) is 5.47. The second-order valence-corrected chi connectivity index (χ2v) is 5.46. The van der Waals surface area contributed by atoms with Crippen LogP contribution in [0.15, 0.2) is 18.2 Å². The second-order valence-electron chi connectivity index (χ2n) is 4.23. The highest BCUT2D eigenvalue weighted by atomic mass is 32.1. The fraction of sp³-hybridized carbons (Fsp3) is 0.333. The predicted molar refractivity (Wildman–Crippen MR) is 70.0 cm³/mol. The maximum absolute atomic E-state index is 11.4. The predicted octanol–water partition coefficient (Wildman–Crippen LogP) is 1.69. The Morgan fingerprint density at radius 3 is 2.76 bits per heavy atom. The smallest absolute Gasteiger partial charge is 0.239 e. The van der Waals surface area contributed by atoms with Crippen LogP contribution in [0.3, 0.4) is 0 Å². The molecule has 1 aromatic carbocycles. The molecule has 0 aliphatic heterocycles. The molecule has 0 bridgehead atoms. The third-order valence-corrected chi connectivity index (χ3v) is 3.57. The van der Waals surface area contributed by atoms with Crippen molar-refractivity contribution < 1.29 is 4.79 Å². The van der Waals surface area contributed by atoms with Crippen molar-refractivity contribution in [2.75, 3.05) is 14.1 Å². The summed E-state index contributed by atoms with van der Waals surface area (Å²) >= 11 is 1.65. The van der Waals surface area contributed by atoms with E-state index in [9.17, 15) is 4.79 Å². The molecular weight excluding hydrogens is 234 g/mol. The van der Waals surface area contributed by atoms with Gasteiger partial charge in [0.15, 0.2) is 0 Å². The van der Waals surface area contributed by atoms with Gasteiger partial charge in [-0.15, -0.1) is 11.3 Å². The lowest BCUT2D eigenvalue weighted by molar-refractivity contribution is -0.122. The summed E-state index contributed by atoms with van der Waals surface area (Å²) in [6.45, 7) is 1.97. The van der Waals surface area contributed by atoms with Crippen LogP contribution in [0.25, 0.3) is 10.2 Å². The molecule has 1 amide bonds. The molecule has 1 atom stereocenters. The molecule has 0 spiro atoms. The van der Waals surface area contributed by atoms with Crippen molar-refractivity contribution in [3.8, 4) is 0 Å². The van der Waals surface area contributed by atoms with Gasteiger partial charge < -0.3 is 5.73 Å². The van der Waals surface area contributed by atoms with Gasteiger partial charge in [-0.25, -0.2) is 4.98 Å². The van der Waals surface area contributed by atoms with Gasteiger partial charge in [0.1, 0.15) is 6.04 Å². The van der Waals surface area contributed by atoms with Crippen molar-refractivity contribution >= 4 is 27.5 Å². The number of carbonyl (C=O) groups is 1. The zero-order chi connectivity index (χ0) is 12.6. The number of thiazole rings is 1. The Bertz CT molecular complexity index is 562. The maximum Gasteiger partial charge on any atom is 0.239 e. The van der Waals surface area contributed by atoms with Crippen LogP contribution in [0.2, 0.25) is 0 Å². The van der Waals surface area contributed by atoms with E-state index in [-0.39, 0.29) is 5.91 Å². The Balaban J connectivity index is 2.50. The molecule has 4 nitrogen and oxygen atoms in total. The molecule has 1 unspecified atom stereocenters. The number of nitrogens with two attached hydrogens (primary N) is 1. The van der Waals surface area contributed by atoms with E-state index in [2.05, 4.69) is 4.98 Å². The van der Waals surface area contributed by atoms with E-state index in [0.717, 1.165) is 20.8 Å². The standard InChI is InChI=1S/C12H15N3OS/c1-7-14-9-6-8(4-5-10(9)17-7)11(12(13)16)15(2)3/h4-6,11H,1-3H3,(H2,13,16). The number of carbonyl (C=O) groups excluding carboxylic acids is 1. The molecule has 2 aromatic rings. The molecule has 0 radical (unpaired) electrons. The number of aromatic nitrogens is 1. The average molecular weight is 249 g/mol. The molecule has 0 saturated heterocycles. The first kappa shape index (κ1) is 12.0. The van der Waals surface area contributed by atoms with Crippen LogP contribution in [-0.4, -0.2) is 29.9 Å². The van der Waals surface area contributed by atoms with Crippen molar-refractivity contribution in [2.24, 2.45) is 5.73 Å². The van der Waals surface area contributed by atoms with Crippen LogP contribution < -0.4 is 5.73 Å². The van der Waals surface area contributed by atoms with Crippen LogP contribution in [0, 0.1) is 6.92 Å². The van der Waals surface area contributed by atoms with E-state index < -0.39 is 6.04 Å². The van der Waals surface area contributed by atoms with E-state index >= 15 is 0 Å². The van der Waals surface area contributed by atoms with Gasteiger partial charge in [0.25, 0.3) is 0 Å². The van der Waals surface area contributed by atoms with Crippen LogP contribution in [-0.2, 0) is 4.79 Å². The number of likely N-dealkylation sites (N-methyl/N-ethyl adjacent to an activating group) is 1. The van der Waals surface area contributed by atoms with Gasteiger partial charge in [-0.3, -0.25) is 9.69 Å². The summed E-state index contributed by atoms with van der Waals surface area (Å²) in [5.74, 6) is -0.346. The lowest BCUT2D eigenvalue weighted by Crippen LogP contribution is -2.32. The number of fused-ring (bicyclic) bond motifs is 1. The third kappa shape index (κ3) is 2.30. The van der Waals surface area contributed by atoms with E-state index in [0.29, 0.717) is 0 Å². The van der Waals surface area contributed by atoms with Gasteiger partial charge in [-0.2, -0.15) is 0 Å². The Hall–Kier alpha value is -1.46. The minimum atomic E-state index is -0.401. The summed E-state index contributed by atoms with van der Waals surface area (Å²) in [5.41, 5.74) is 7.24. The second kappa shape index (κ2) is 4.43. The zero-order valence-corrected chi connectivity index (χ0v) is 10.9. The van der Waals surface area contributed by atoms with Crippen molar-refractivity contribution in [1.29, 1.82) is 0 Å². The Morgan fingerprint density at radius 2 is 2.18 bits per heavy atom. The number of benzene rings is 1. The van der Waals surface area contributed by atoms with Crippen molar-refractivity contribution in [3.63, 3.8) is 0 Å². The minimum Gasteiger partial charge on any atom is -0.368 e. The number of nitrogens with zero attached hydrogens (tertiary/aromatic N) is 2. The van der Waals surface area contributed by atoms with E-state index in [1.807, 2.05) is 44.1 Å². The molecular formula is C12H15N3OS. The highest BCUT2D eigenvalue weighted by Crippen LogP contribution is 2.26. The average Bonchev–Trinajstić information content (AvgIpc) is 2.56. The lowest BCUT2D eigenvalue weighted by atomic mass is 10.1. The summed E-state index contributed by atoms with van der Waals surface area (Å²) in [5, 5.41) is 1.03. The third-order valence-electron chi connectivity index (χ3n) is 2.62. The van der Waals surface area contributed by atoms with Crippen molar-refractivity contribution in [1.82, 2.24) is 9.88 Å². The molecule has 2 rings (SSSR count). The van der Waals surface area contributed by atoms with Gasteiger partial charge in [0, 0.05) is 0 Å². The fourth-order valence-electron chi connectivity index (χ4n) is 1.95. The van der Waals surface area contributed by atoms with Crippen LogP contribution in [0.1, 0.15) is 16.6 Å². The SMILES string of the molecule is Cc1nc2cc(C(C(N)=O)N(C)C)ccc2s1. The van der Waals surface area contributed by atoms with Crippen molar-refractivity contribution in [3.05, 3.63) is 28.8 Å². The topological polar surface area (TPSA) is 59.2 Å². The molecule has 17 heavy (non-hydrogen) atoms. The van der Waals surface area contributed by atoms with Crippen LogP contribution >= 0.6 is 11.3 Å². The number of rotatable bonds is 3. The lowest BCUT2D eigenvalue weighted by Gasteiger charge is -2.21. The van der Waals surface area contributed by atoms with Crippen LogP contribution in [0.5, 0.6) is 0 Å². The Labute approximate surface area is 104 Å². The number of primary amides is 1. The highest BCUT2D eigenvalue weighted by Gasteiger charge is 2.20. The van der Waals surface area contributed by atoms with Gasteiger partial charge >= 0.3 is 0 Å². The monoisotopic (exact) mass is 249 g/mol. The molecule has 2 N–H and O–H groups in total. The molecule has 0 aliphatic rings. The Kier molecular flexibility index (Phi) is 3.13. The van der Waals surface area contributed by atoms with Gasteiger partial charge in [0.2, 0.25) is 5.91 Å². The normalized spacial score (nSPS) is 13.2. The molecule has 0 fully saturated rings. The number of aryl methyl sites for hydroxylation is 1. The van der Waals surface area contributed by atoms with E-state index in [4.69, 9.17) is 5.73 Å². The first-order chi connectivity index (χ1) is 7.99. The zero-order valence-electron chi connectivity index (χ0n) is 10.1. The van der Waals surface area contributed by atoms with Crippen LogP contribution in [0.4, 0.5) is 0 Å². The van der Waals surface area contributed by atoms with Gasteiger partial charge in [0.05, 0.1) is 15.2 Å². The molecule has 0 saturated carbocycles. The van der Waals surface area contributed by atoms with Gasteiger partial charge in [-0.1, -0.05) is 6.07 Å². The minimum absolute atomic E-state index is 0.346. The number of amides is 1. The molecule has 0 aliphatic carbocycles. The number of hydrogen-bond acceptors (Lipinski definition) is 4. The quantitative estimate of drug-likeness (QED) is 0.900. The largest absolute Gasteiger partial charge is 0.368 e. The fourth-order valence-corrected chi connectivity index (χ4v) is 2.75. The first-order valence-electron chi connectivity index (χ1n) is 5.32. The van der Waals surface area contributed by atoms with E-state index in [1.54, 1.807) is 11.3 Å². The highest BCUT2D eigenvalue weighted by molar-refractivity contribution is 7.18. The maximum atomic E-state index is 11.4.